The molecular formula is C14H15F6NO. The lowest BCUT2D eigenvalue weighted by Crippen LogP contribution is -2.20. The lowest BCUT2D eigenvalue weighted by molar-refractivity contribution is -0.143. The van der Waals surface area contributed by atoms with Crippen LogP contribution in [0.2, 0.25) is 0 Å². The molecule has 0 spiro atoms. The number of hydrogen-bond donors (Lipinski definition) is 1. The third-order valence-electron chi connectivity index (χ3n) is 3.05. The molecule has 1 aromatic carbocycles. The van der Waals surface area contributed by atoms with Crippen LogP contribution in [0, 0.1) is 0 Å². The third kappa shape index (κ3) is 4.16. The third-order valence-corrected chi connectivity index (χ3v) is 3.05. The van der Waals surface area contributed by atoms with Crippen molar-refractivity contribution in [2.45, 2.75) is 31.2 Å². The fraction of sp³-hybridized carbons (Fsp3) is 0.429. The lowest BCUT2D eigenvalue weighted by atomic mass is 9.93. The van der Waals surface area contributed by atoms with Crippen molar-refractivity contribution in [3.63, 3.8) is 0 Å². The molecule has 1 rings (SSSR count). The van der Waals surface area contributed by atoms with E-state index < -0.39 is 40.8 Å². The largest absolute Gasteiger partial charge is 0.496 e. The topological polar surface area (TPSA) is 35.2 Å². The summed E-state index contributed by atoms with van der Waals surface area (Å²) in [6.07, 6.45) is -8.01. The van der Waals surface area contributed by atoms with Crippen molar-refractivity contribution in [1.82, 2.24) is 0 Å². The molecule has 0 unspecified atom stereocenters. The number of alkyl halides is 6. The quantitative estimate of drug-likeness (QED) is 0.628. The number of ether oxygens (including phenoxy) is 1. The van der Waals surface area contributed by atoms with Gasteiger partial charge in [0.2, 0.25) is 0 Å². The minimum absolute atomic E-state index is 0.0611. The van der Waals surface area contributed by atoms with Gasteiger partial charge in [-0.2, -0.15) is 26.3 Å². The van der Waals surface area contributed by atoms with Crippen molar-refractivity contribution in [3.8, 4) is 5.75 Å². The molecule has 22 heavy (non-hydrogen) atoms. The highest BCUT2D eigenvalue weighted by Crippen LogP contribution is 2.43. The highest BCUT2D eigenvalue weighted by Gasteiger charge is 2.40. The van der Waals surface area contributed by atoms with Gasteiger partial charge in [0.15, 0.2) is 0 Å². The van der Waals surface area contributed by atoms with Gasteiger partial charge >= 0.3 is 12.4 Å². The Bertz CT molecular complexity index is 535. The Labute approximate surface area is 123 Å². The van der Waals surface area contributed by atoms with Crippen molar-refractivity contribution in [3.05, 3.63) is 41.5 Å². The van der Waals surface area contributed by atoms with Crippen LogP contribution in [-0.4, -0.2) is 7.11 Å². The number of allylic oxidation sites excluding steroid dienone is 1. The molecular weight excluding hydrogens is 312 g/mol. The highest BCUT2D eigenvalue weighted by molar-refractivity contribution is 5.48. The molecule has 0 saturated carbocycles. The smallest absolute Gasteiger partial charge is 0.416 e. The minimum Gasteiger partial charge on any atom is -0.496 e. The summed E-state index contributed by atoms with van der Waals surface area (Å²) in [5.41, 5.74) is 2.35. The van der Waals surface area contributed by atoms with Gasteiger partial charge in [0.05, 0.1) is 18.2 Å². The van der Waals surface area contributed by atoms with Gasteiger partial charge < -0.3 is 10.5 Å². The summed E-state index contributed by atoms with van der Waals surface area (Å²) >= 11 is 0. The summed E-state index contributed by atoms with van der Waals surface area (Å²) in [6.45, 7) is 3.43. The summed E-state index contributed by atoms with van der Waals surface area (Å²) < 4.78 is 82.3. The number of halogens is 6. The second-order valence-electron chi connectivity index (χ2n) is 4.61. The van der Waals surface area contributed by atoms with Crippen LogP contribution in [0.3, 0.4) is 0 Å². The first kappa shape index (κ1) is 18.3. The molecule has 0 amide bonds. The van der Waals surface area contributed by atoms with Gasteiger partial charge in [-0.1, -0.05) is 6.08 Å². The lowest BCUT2D eigenvalue weighted by Gasteiger charge is -2.23. The summed E-state index contributed by atoms with van der Waals surface area (Å²) in [5.74, 6) is -0.529. The van der Waals surface area contributed by atoms with Gasteiger partial charge in [0.1, 0.15) is 5.75 Å². The van der Waals surface area contributed by atoms with Crippen LogP contribution in [0.1, 0.15) is 35.6 Å². The van der Waals surface area contributed by atoms with Gasteiger partial charge in [-0.05, 0) is 25.0 Å². The van der Waals surface area contributed by atoms with Gasteiger partial charge in [-0.3, -0.25) is 0 Å². The molecule has 1 atom stereocenters. The normalized spacial score (nSPS) is 13.8. The molecule has 2 N–H and O–H groups in total. The van der Waals surface area contributed by atoms with Crippen LogP contribution in [0.5, 0.6) is 5.75 Å². The number of nitrogens with two attached hydrogens (primary N) is 1. The molecule has 0 bridgehead atoms. The van der Waals surface area contributed by atoms with Gasteiger partial charge in [0.25, 0.3) is 0 Å². The van der Waals surface area contributed by atoms with Crippen LogP contribution in [0.15, 0.2) is 24.8 Å². The molecule has 1 aromatic rings. The van der Waals surface area contributed by atoms with Crippen molar-refractivity contribution in [2.75, 3.05) is 7.11 Å². The van der Waals surface area contributed by atoms with Gasteiger partial charge in [-0.25, -0.2) is 0 Å². The van der Waals surface area contributed by atoms with Crippen molar-refractivity contribution in [2.24, 2.45) is 5.73 Å². The Kier molecular flexibility index (Phi) is 5.50. The van der Waals surface area contributed by atoms with E-state index in [1.54, 1.807) is 0 Å². The van der Waals surface area contributed by atoms with Crippen molar-refractivity contribution >= 4 is 0 Å². The van der Waals surface area contributed by atoms with Crippen LogP contribution in [0.4, 0.5) is 26.3 Å². The second-order valence-corrected chi connectivity index (χ2v) is 4.61. The zero-order valence-corrected chi connectivity index (χ0v) is 11.7. The average Bonchev–Trinajstić information content (AvgIpc) is 2.41. The first-order chi connectivity index (χ1) is 10.0. The van der Waals surface area contributed by atoms with E-state index in [-0.39, 0.29) is 12.5 Å². The average molecular weight is 327 g/mol. The van der Waals surface area contributed by atoms with Crippen LogP contribution in [0.25, 0.3) is 0 Å². The predicted octanol–water partition coefficient (Wildman–Crippen LogP) is 4.70. The molecule has 0 aliphatic carbocycles. The van der Waals surface area contributed by atoms with Crippen LogP contribution >= 0.6 is 0 Å². The summed E-state index contributed by atoms with van der Waals surface area (Å²) in [5, 5.41) is 0. The SMILES string of the molecule is C=CCC[C@H](N)c1c(OC)cc(C(F)(F)F)cc1C(F)(F)F. The second kappa shape index (κ2) is 6.60. The predicted molar refractivity (Wildman–Crippen MR) is 69.4 cm³/mol. The molecule has 0 aliphatic rings. The fourth-order valence-corrected chi connectivity index (χ4v) is 2.02. The van der Waals surface area contributed by atoms with Crippen LogP contribution < -0.4 is 10.5 Å². The van der Waals surface area contributed by atoms with E-state index in [4.69, 9.17) is 10.5 Å². The Morgan fingerprint density at radius 3 is 2.18 bits per heavy atom. The van der Waals surface area contributed by atoms with Gasteiger partial charge in [-0.15, -0.1) is 6.58 Å². The number of rotatable bonds is 5. The maximum Gasteiger partial charge on any atom is 0.416 e. The Balaban J connectivity index is 3.55. The van der Waals surface area contributed by atoms with E-state index in [0.29, 0.717) is 12.5 Å². The Morgan fingerprint density at radius 1 is 1.18 bits per heavy atom. The van der Waals surface area contributed by atoms with Crippen LogP contribution in [-0.2, 0) is 12.4 Å². The Morgan fingerprint density at radius 2 is 1.77 bits per heavy atom. The molecule has 8 heteroatoms. The highest BCUT2D eigenvalue weighted by atomic mass is 19.4. The molecule has 124 valence electrons. The van der Waals surface area contributed by atoms with E-state index in [0.717, 1.165) is 7.11 Å². The summed E-state index contributed by atoms with van der Waals surface area (Å²) in [7, 11) is 0.999. The van der Waals surface area contributed by atoms with E-state index >= 15 is 0 Å². The first-order valence-electron chi connectivity index (χ1n) is 6.25. The Hall–Kier alpha value is -1.70. The van der Waals surface area contributed by atoms with Crippen molar-refractivity contribution in [1.29, 1.82) is 0 Å². The molecule has 2 nitrogen and oxygen atoms in total. The molecule has 0 fully saturated rings. The standard InChI is InChI=1S/C14H15F6NO/c1-3-4-5-10(21)12-9(14(18,19)20)6-8(13(15,16)17)7-11(12)22-2/h3,6-7,10H,1,4-5,21H2,2H3/t10-/m0/s1. The zero-order valence-electron chi connectivity index (χ0n) is 11.7. The number of hydrogen-bond acceptors (Lipinski definition) is 2. The number of benzene rings is 1. The molecule has 0 saturated heterocycles. The summed E-state index contributed by atoms with van der Waals surface area (Å²) in [4.78, 5) is 0. The van der Waals surface area contributed by atoms with Gasteiger partial charge in [0, 0.05) is 11.6 Å². The van der Waals surface area contributed by atoms with Crippen molar-refractivity contribution < 1.29 is 31.1 Å². The molecule has 0 heterocycles. The maximum absolute atomic E-state index is 13.1. The molecule has 0 aromatic heterocycles. The molecule has 0 radical (unpaired) electrons. The minimum atomic E-state index is -4.98. The first-order valence-corrected chi connectivity index (χ1v) is 6.25. The maximum atomic E-state index is 13.1. The van der Waals surface area contributed by atoms with E-state index in [9.17, 15) is 26.3 Å². The number of methoxy groups -OCH3 is 1. The van der Waals surface area contributed by atoms with E-state index in [2.05, 4.69) is 6.58 Å². The monoisotopic (exact) mass is 327 g/mol. The van der Waals surface area contributed by atoms with E-state index in [1.807, 2.05) is 0 Å². The molecule has 0 aliphatic heterocycles. The fourth-order valence-electron chi connectivity index (χ4n) is 2.02. The summed E-state index contributed by atoms with van der Waals surface area (Å²) in [6, 6.07) is -0.531. The van der Waals surface area contributed by atoms with E-state index in [1.165, 1.54) is 6.08 Å². The zero-order chi connectivity index (χ0) is 17.1.